The fourth-order valence-electron chi connectivity index (χ4n) is 3.20. The van der Waals surface area contributed by atoms with Crippen molar-refractivity contribution in [3.63, 3.8) is 0 Å². The number of urea groups is 1. The van der Waals surface area contributed by atoms with Gasteiger partial charge >= 0.3 is 6.03 Å². The monoisotopic (exact) mass is 408 g/mol. The van der Waals surface area contributed by atoms with E-state index in [0.29, 0.717) is 24.6 Å². The number of imidazole rings is 1. The van der Waals surface area contributed by atoms with Crippen LogP contribution in [0, 0.1) is 6.92 Å². The van der Waals surface area contributed by atoms with Gasteiger partial charge in [0.05, 0.1) is 27.1 Å². The minimum Gasteiger partial charge on any atom is -0.493 e. The minimum atomic E-state index is -0.159. The van der Waals surface area contributed by atoms with Gasteiger partial charge in [0.25, 0.3) is 0 Å². The Balaban J connectivity index is 1.72. The second-order valence-corrected chi connectivity index (χ2v) is 6.92. The van der Waals surface area contributed by atoms with Gasteiger partial charge < -0.3 is 19.4 Å². The van der Waals surface area contributed by atoms with Gasteiger partial charge in [-0.15, -0.1) is 0 Å². The number of carbonyl (C=O) groups excluding carboxylic acids is 1. The van der Waals surface area contributed by atoms with E-state index >= 15 is 0 Å². The quantitative estimate of drug-likeness (QED) is 0.543. The maximum Gasteiger partial charge on any atom is 0.322 e. The van der Waals surface area contributed by atoms with Crippen LogP contribution >= 0.6 is 0 Å². The number of hydrogen-bond donors (Lipinski definition) is 1. The molecule has 0 fully saturated rings. The van der Waals surface area contributed by atoms with Crippen molar-refractivity contribution in [3.8, 4) is 11.5 Å². The van der Waals surface area contributed by atoms with Crippen molar-refractivity contribution in [1.82, 2.24) is 14.9 Å². The van der Waals surface area contributed by atoms with E-state index in [1.54, 1.807) is 25.2 Å². The largest absolute Gasteiger partial charge is 0.493 e. The molecule has 0 aliphatic heterocycles. The second-order valence-electron chi connectivity index (χ2n) is 6.92. The van der Waals surface area contributed by atoms with Crippen molar-refractivity contribution >= 4 is 11.7 Å². The summed E-state index contributed by atoms with van der Waals surface area (Å²) >= 11 is 0. The fraction of sp³-hybridized carbons (Fsp3) is 0.304. The highest BCUT2D eigenvalue weighted by Gasteiger charge is 2.18. The third-order valence-corrected chi connectivity index (χ3v) is 4.88. The molecular formula is C23H28N4O3. The first-order chi connectivity index (χ1) is 14.6. The van der Waals surface area contributed by atoms with E-state index in [0.717, 1.165) is 29.9 Å². The lowest BCUT2D eigenvalue weighted by Crippen LogP contribution is -2.40. The van der Waals surface area contributed by atoms with Crippen molar-refractivity contribution in [2.24, 2.45) is 0 Å². The van der Waals surface area contributed by atoms with E-state index in [1.807, 2.05) is 61.9 Å². The molecule has 3 aromatic rings. The molecule has 7 nitrogen and oxygen atoms in total. The summed E-state index contributed by atoms with van der Waals surface area (Å²) in [5.74, 6) is 1.20. The molecule has 1 aromatic heterocycles. The van der Waals surface area contributed by atoms with Crippen molar-refractivity contribution in [2.75, 3.05) is 25.7 Å². The molecule has 0 saturated carbocycles. The number of hydrogen-bond acceptors (Lipinski definition) is 4. The molecule has 0 spiro atoms. The van der Waals surface area contributed by atoms with Crippen molar-refractivity contribution in [3.05, 3.63) is 72.3 Å². The number of benzene rings is 2. The zero-order valence-corrected chi connectivity index (χ0v) is 17.7. The number of aromatic nitrogens is 2. The van der Waals surface area contributed by atoms with E-state index in [2.05, 4.69) is 14.9 Å². The smallest absolute Gasteiger partial charge is 0.322 e. The summed E-state index contributed by atoms with van der Waals surface area (Å²) in [6.45, 7) is 3.84. The number of nitrogens with zero attached hydrogens (tertiary/aromatic N) is 3. The minimum absolute atomic E-state index is 0.159. The number of anilines is 1. The topological polar surface area (TPSA) is 68.6 Å². The fourth-order valence-corrected chi connectivity index (χ4v) is 3.20. The summed E-state index contributed by atoms with van der Waals surface area (Å²) in [7, 11) is 3.18. The molecule has 1 heterocycles. The molecule has 3 rings (SSSR count). The molecule has 30 heavy (non-hydrogen) atoms. The number of ether oxygens (including phenoxy) is 2. The van der Waals surface area contributed by atoms with Crippen molar-refractivity contribution in [1.29, 1.82) is 0 Å². The van der Waals surface area contributed by atoms with Crippen LogP contribution in [-0.2, 0) is 13.1 Å². The van der Waals surface area contributed by atoms with E-state index < -0.39 is 0 Å². The Labute approximate surface area is 177 Å². The molecule has 0 bridgehead atoms. The molecule has 0 radical (unpaired) electrons. The number of aryl methyl sites for hydroxylation is 2. The van der Waals surface area contributed by atoms with Gasteiger partial charge in [0.15, 0.2) is 11.5 Å². The second kappa shape index (κ2) is 10.3. The van der Waals surface area contributed by atoms with E-state index in [-0.39, 0.29) is 6.03 Å². The summed E-state index contributed by atoms with van der Waals surface area (Å²) in [4.78, 5) is 18.9. The number of rotatable bonds is 9. The molecule has 158 valence electrons. The van der Waals surface area contributed by atoms with Gasteiger partial charge in [0.2, 0.25) is 0 Å². The van der Waals surface area contributed by atoms with Crippen LogP contribution in [-0.4, -0.2) is 36.3 Å². The lowest BCUT2D eigenvalue weighted by atomic mass is 10.2. The van der Waals surface area contributed by atoms with Crippen LogP contribution in [0.1, 0.15) is 17.7 Å². The maximum atomic E-state index is 13.1. The highest BCUT2D eigenvalue weighted by Crippen LogP contribution is 2.32. The van der Waals surface area contributed by atoms with Gasteiger partial charge in [-0.3, -0.25) is 4.90 Å². The summed E-state index contributed by atoms with van der Waals surface area (Å²) in [5, 5.41) is 3.03. The van der Waals surface area contributed by atoms with Crippen LogP contribution in [0.3, 0.4) is 0 Å². The van der Waals surface area contributed by atoms with Crippen LogP contribution in [0.15, 0.2) is 61.1 Å². The Hall–Kier alpha value is -3.48. The van der Waals surface area contributed by atoms with Gasteiger partial charge in [0.1, 0.15) is 0 Å². The van der Waals surface area contributed by atoms with E-state index in [4.69, 9.17) is 9.47 Å². The highest BCUT2D eigenvalue weighted by molar-refractivity contribution is 5.92. The first-order valence-electron chi connectivity index (χ1n) is 9.90. The SMILES string of the molecule is COc1ccc(N(Cc2ccccc2)C(=O)NCCCn2cncc2C)cc1OC. The molecular weight excluding hydrogens is 380 g/mol. The Morgan fingerprint density at radius 3 is 2.53 bits per heavy atom. The predicted octanol–water partition coefficient (Wildman–Crippen LogP) is 4.02. The Bertz CT molecular complexity index is 956. The maximum absolute atomic E-state index is 13.1. The lowest BCUT2D eigenvalue weighted by molar-refractivity contribution is 0.245. The van der Waals surface area contributed by atoms with Gasteiger partial charge in [0, 0.05) is 36.7 Å². The molecule has 7 heteroatoms. The summed E-state index contributed by atoms with van der Waals surface area (Å²) < 4.78 is 12.8. The zero-order valence-electron chi connectivity index (χ0n) is 17.7. The molecule has 0 aliphatic rings. The molecule has 1 N–H and O–H groups in total. The van der Waals surface area contributed by atoms with Gasteiger partial charge in [-0.2, -0.15) is 0 Å². The number of nitrogens with one attached hydrogen (secondary N) is 1. The van der Waals surface area contributed by atoms with Gasteiger partial charge in [-0.1, -0.05) is 30.3 Å². The first-order valence-corrected chi connectivity index (χ1v) is 9.90. The van der Waals surface area contributed by atoms with Crippen LogP contribution in [0.4, 0.5) is 10.5 Å². The number of amides is 2. The molecule has 0 atom stereocenters. The Morgan fingerprint density at radius 1 is 1.10 bits per heavy atom. The Morgan fingerprint density at radius 2 is 1.87 bits per heavy atom. The molecule has 2 aromatic carbocycles. The summed E-state index contributed by atoms with van der Waals surface area (Å²) in [5.41, 5.74) is 2.88. The van der Waals surface area contributed by atoms with Crippen LogP contribution in [0.5, 0.6) is 11.5 Å². The third-order valence-electron chi connectivity index (χ3n) is 4.88. The molecule has 0 saturated heterocycles. The molecule has 0 unspecified atom stereocenters. The number of methoxy groups -OCH3 is 2. The van der Waals surface area contributed by atoms with E-state index in [9.17, 15) is 4.79 Å². The molecule has 2 amide bonds. The van der Waals surface area contributed by atoms with E-state index in [1.165, 1.54) is 0 Å². The average molecular weight is 409 g/mol. The first kappa shape index (κ1) is 21.2. The van der Waals surface area contributed by atoms with Crippen LogP contribution in [0.25, 0.3) is 0 Å². The average Bonchev–Trinajstić information content (AvgIpc) is 3.19. The predicted molar refractivity (Wildman–Crippen MR) is 117 cm³/mol. The normalized spacial score (nSPS) is 10.5. The Kier molecular flexibility index (Phi) is 7.32. The van der Waals surface area contributed by atoms with Crippen LogP contribution in [0.2, 0.25) is 0 Å². The zero-order chi connectivity index (χ0) is 21.3. The van der Waals surface area contributed by atoms with Gasteiger partial charge in [-0.25, -0.2) is 9.78 Å². The standard InChI is InChI=1S/C23H28N4O3/c1-18-15-24-17-26(18)13-7-12-25-23(28)27(16-19-8-5-4-6-9-19)20-10-11-21(29-2)22(14-20)30-3/h4-6,8-11,14-15,17H,7,12-13,16H2,1-3H3,(H,25,28). The van der Waals surface area contributed by atoms with Crippen molar-refractivity contribution in [2.45, 2.75) is 26.4 Å². The summed E-state index contributed by atoms with van der Waals surface area (Å²) in [6.07, 6.45) is 4.45. The number of carbonyl (C=O) groups is 1. The van der Waals surface area contributed by atoms with Crippen molar-refractivity contribution < 1.29 is 14.3 Å². The van der Waals surface area contributed by atoms with Gasteiger partial charge in [-0.05, 0) is 31.0 Å². The van der Waals surface area contributed by atoms with Crippen LogP contribution < -0.4 is 19.7 Å². The summed E-state index contributed by atoms with van der Waals surface area (Å²) in [6, 6.07) is 15.2. The molecule has 0 aliphatic carbocycles. The lowest BCUT2D eigenvalue weighted by Gasteiger charge is -2.24. The highest BCUT2D eigenvalue weighted by atomic mass is 16.5. The third kappa shape index (κ3) is 5.31.